The van der Waals surface area contributed by atoms with Crippen LogP contribution in [0.4, 0.5) is 4.39 Å². The highest BCUT2D eigenvalue weighted by atomic mass is 19.1. The zero-order valence-electron chi connectivity index (χ0n) is 15.0. The van der Waals surface area contributed by atoms with Crippen molar-refractivity contribution in [3.05, 3.63) is 65.5 Å². The number of hydrogen-bond donors (Lipinski definition) is 1. The maximum absolute atomic E-state index is 13.1. The molecule has 0 spiro atoms. The lowest BCUT2D eigenvalue weighted by Gasteiger charge is -2.18. The molecule has 0 saturated carbocycles. The van der Waals surface area contributed by atoms with Gasteiger partial charge in [-0.1, -0.05) is 24.3 Å². The Morgan fingerprint density at radius 2 is 1.85 bits per heavy atom. The van der Waals surface area contributed by atoms with E-state index in [1.165, 1.54) is 17.0 Å². The summed E-state index contributed by atoms with van der Waals surface area (Å²) in [6.45, 7) is 2.86. The lowest BCUT2D eigenvalue weighted by Crippen LogP contribution is -2.38. The summed E-state index contributed by atoms with van der Waals surface area (Å²) < 4.78 is 18.5. The molecule has 2 aromatic carbocycles. The molecule has 0 bridgehead atoms. The maximum Gasteiger partial charge on any atom is 0.242 e. The van der Waals surface area contributed by atoms with Crippen LogP contribution in [0.25, 0.3) is 0 Å². The van der Waals surface area contributed by atoms with Crippen LogP contribution in [0.2, 0.25) is 0 Å². The van der Waals surface area contributed by atoms with Crippen LogP contribution in [-0.4, -0.2) is 36.9 Å². The third kappa shape index (κ3) is 6.20. The van der Waals surface area contributed by atoms with Gasteiger partial charge >= 0.3 is 0 Å². The molecule has 2 aromatic rings. The second-order valence-corrected chi connectivity index (χ2v) is 5.91. The molecule has 138 valence electrons. The Kier molecular flexibility index (Phi) is 7.14. The predicted molar refractivity (Wildman–Crippen MR) is 97.2 cm³/mol. The minimum Gasteiger partial charge on any atom is -0.494 e. The van der Waals surface area contributed by atoms with E-state index in [1.54, 1.807) is 19.2 Å². The number of likely N-dealkylation sites (N-methyl/N-ethyl adjacent to an activating group) is 1. The third-order valence-electron chi connectivity index (χ3n) is 3.77. The molecular formula is C20H23FN2O3. The van der Waals surface area contributed by atoms with Gasteiger partial charge in [-0.05, 0) is 42.3 Å². The van der Waals surface area contributed by atoms with Crippen LogP contribution in [0.1, 0.15) is 18.1 Å². The number of rotatable bonds is 8. The Morgan fingerprint density at radius 1 is 1.12 bits per heavy atom. The Balaban J connectivity index is 1.78. The van der Waals surface area contributed by atoms with Crippen LogP contribution in [0, 0.1) is 5.82 Å². The summed E-state index contributed by atoms with van der Waals surface area (Å²) in [6, 6.07) is 13.4. The number of benzene rings is 2. The molecule has 0 unspecified atom stereocenters. The monoisotopic (exact) mass is 358 g/mol. The molecule has 2 rings (SSSR count). The van der Waals surface area contributed by atoms with E-state index in [0.717, 1.165) is 11.3 Å². The van der Waals surface area contributed by atoms with Crippen molar-refractivity contribution < 1.29 is 18.7 Å². The summed E-state index contributed by atoms with van der Waals surface area (Å²) in [6.07, 6.45) is 0.0354. The first kappa shape index (κ1) is 19.4. The summed E-state index contributed by atoms with van der Waals surface area (Å²) >= 11 is 0. The van der Waals surface area contributed by atoms with Gasteiger partial charge in [-0.2, -0.15) is 0 Å². The minimum atomic E-state index is -0.388. The lowest BCUT2D eigenvalue weighted by molar-refractivity contribution is -0.132. The van der Waals surface area contributed by atoms with Crippen LogP contribution < -0.4 is 10.1 Å². The van der Waals surface area contributed by atoms with Gasteiger partial charge in [0.25, 0.3) is 0 Å². The third-order valence-corrected chi connectivity index (χ3v) is 3.77. The van der Waals surface area contributed by atoms with Crippen LogP contribution in [0.15, 0.2) is 48.5 Å². The summed E-state index contributed by atoms with van der Waals surface area (Å²) in [5.74, 6) is -0.124. The number of nitrogens with zero attached hydrogens (tertiary/aromatic N) is 1. The summed E-state index contributed by atoms with van der Waals surface area (Å²) in [7, 11) is 1.68. The molecule has 26 heavy (non-hydrogen) atoms. The standard InChI is InChI=1S/C20H23FN2O3/c1-3-26-18-9-7-15(8-10-18)14-23(2)20(25)13-22-19(24)12-16-5-4-6-17(21)11-16/h4-11H,3,12-14H2,1-2H3,(H,22,24). The zero-order chi connectivity index (χ0) is 18.9. The minimum absolute atomic E-state index is 0.0354. The van der Waals surface area contributed by atoms with Gasteiger partial charge in [0.15, 0.2) is 0 Å². The van der Waals surface area contributed by atoms with Crippen molar-refractivity contribution >= 4 is 11.8 Å². The van der Waals surface area contributed by atoms with Crippen molar-refractivity contribution in [2.45, 2.75) is 19.9 Å². The van der Waals surface area contributed by atoms with Gasteiger partial charge in [0.2, 0.25) is 11.8 Å². The topological polar surface area (TPSA) is 58.6 Å². The molecule has 0 fully saturated rings. The molecule has 1 N–H and O–H groups in total. The van der Waals surface area contributed by atoms with Crippen molar-refractivity contribution in [2.24, 2.45) is 0 Å². The number of carbonyl (C=O) groups is 2. The van der Waals surface area contributed by atoms with Gasteiger partial charge < -0.3 is 15.0 Å². The fourth-order valence-electron chi connectivity index (χ4n) is 2.42. The molecule has 0 aromatic heterocycles. The zero-order valence-corrected chi connectivity index (χ0v) is 15.0. The molecule has 6 heteroatoms. The highest BCUT2D eigenvalue weighted by molar-refractivity contribution is 5.85. The highest BCUT2D eigenvalue weighted by Crippen LogP contribution is 2.13. The Labute approximate surface area is 152 Å². The molecule has 2 amide bonds. The summed E-state index contributed by atoms with van der Waals surface area (Å²) in [5, 5.41) is 2.57. The van der Waals surface area contributed by atoms with Crippen LogP contribution in [0.3, 0.4) is 0 Å². The molecule has 0 aliphatic heterocycles. The number of nitrogens with one attached hydrogen (secondary N) is 1. The Bertz CT molecular complexity index is 747. The largest absolute Gasteiger partial charge is 0.494 e. The molecule has 0 atom stereocenters. The fourth-order valence-corrected chi connectivity index (χ4v) is 2.42. The smallest absolute Gasteiger partial charge is 0.242 e. The number of amides is 2. The van der Waals surface area contributed by atoms with Gasteiger partial charge in [-0.15, -0.1) is 0 Å². The van der Waals surface area contributed by atoms with Crippen molar-refractivity contribution in [1.82, 2.24) is 10.2 Å². The Morgan fingerprint density at radius 3 is 2.50 bits per heavy atom. The van der Waals surface area contributed by atoms with Crippen molar-refractivity contribution in [3.63, 3.8) is 0 Å². The van der Waals surface area contributed by atoms with Crippen molar-refractivity contribution in [3.8, 4) is 5.75 Å². The van der Waals surface area contributed by atoms with E-state index in [0.29, 0.717) is 18.7 Å². The maximum atomic E-state index is 13.1. The van der Waals surface area contributed by atoms with E-state index < -0.39 is 0 Å². The molecular weight excluding hydrogens is 335 g/mol. The average molecular weight is 358 g/mol. The first-order valence-electron chi connectivity index (χ1n) is 8.44. The predicted octanol–water partition coefficient (Wildman–Crippen LogP) is 2.54. The quantitative estimate of drug-likeness (QED) is 0.789. The fraction of sp³-hybridized carbons (Fsp3) is 0.300. The summed E-state index contributed by atoms with van der Waals surface area (Å²) in [5.41, 5.74) is 1.54. The molecule has 5 nitrogen and oxygen atoms in total. The lowest BCUT2D eigenvalue weighted by atomic mass is 10.1. The van der Waals surface area contributed by atoms with E-state index in [2.05, 4.69) is 5.32 Å². The number of carbonyl (C=O) groups excluding carboxylic acids is 2. The molecule has 0 saturated heterocycles. The van der Waals surface area contributed by atoms with E-state index in [1.807, 2.05) is 31.2 Å². The second kappa shape index (κ2) is 9.56. The van der Waals surface area contributed by atoms with E-state index in [-0.39, 0.29) is 30.6 Å². The van der Waals surface area contributed by atoms with Gasteiger partial charge in [0.05, 0.1) is 19.6 Å². The molecule has 0 radical (unpaired) electrons. The second-order valence-electron chi connectivity index (χ2n) is 5.91. The molecule has 0 aliphatic rings. The SMILES string of the molecule is CCOc1ccc(CN(C)C(=O)CNC(=O)Cc2cccc(F)c2)cc1. The van der Waals surface area contributed by atoms with Crippen molar-refractivity contribution in [2.75, 3.05) is 20.2 Å². The summed E-state index contributed by atoms with van der Waals surface area (Å²) in [4.78, 5) is 25.6. The van der Waals surface area contributed by atoms with Crippen LogP contribution in [0.5, 0.6) is 5.75 Å². The Hall–Kier alpha value is -2.89. The number of hydrogen-bond acceptors (Lipinski definition) is 3. The van der Waals surface area contributed by atoms with E-state index in [4.69, 9.17) is 4.74 Å². The molecule has 0 aliphatic carbocycles. The molecule has 0 heterocycles. The normalized spacial score (nSPS) is 10.3. The van der Waals surface area contributed by atoms with Crippen LogP contribution >= 0.6 is 0 Å². The van der Waals surface area contributed by atoms with Gasteiger partial charge in [-0.3, -0.25) is 9.59 Å². The van der Waals surface area contributed by atoms with E-state index in [9.17, 15) is 14.0 Å². The van der Waals surface area contributed by atoms with Gasteiger partial charge in [0, 0.05) is 13.6 Å². The first-order valence-corrected chi connectivity index (χ1v) is 8.44. The van der Waals surface area contributed by atoms with E-state index >= 15 is 0 Å². The van der Waals surface area contributed by atoms with Gasteiger partial charge in [0.1, 0.15) is 11.6 Å². The average Bonchev–Trinajstić information content (AvgIpc) is 2.61. The van der Waals surface area contributed by atoms with Gasteiger partial charge in [-0.25, -0.2) is 4.39 Å². The van der Waals surface area contributed by atoms with Crippen LogP contribution in [-0.2, 0) is 22.6 Å². The first-order chi connectivity index (χ1) is 12.5. The van der Waals surface area contributed by atoms with Crippen molar-refractivity contribution in [1.29, 1.82) is 0 Å². The number of ether oxygens (including phenoxy) is 1. The number of halogens is 1. The highest BCUT2D eigenvalue weighted by Gasteiger charge is 2.11.